The molecule has 0 atom stereocenters. The Kier molecular flexibility index (Phi) is 13.1. The predicted molar refractivity (Wildman–Crippen MR) is 89.3 cm³/mol. The maximum Gasteiger partial charge on any atom is 0.191 e. The van der Waals surface area contributed by atoms with Gasteiger partial charge >= 0.3 is 0 Å². The summed E-state index contributed by atoms with van der Waals surface area (Å²) < 4.78 is 6.26. The van der Waals surface area contributed by atoms with Crippen LogP contribution in [-0.4, -0.2) is 20.3 Å². The summed E-state index contributed by atoms with van der Waals surface area (Å²) >= 11 is 3.48. The van der Waals surface area contributed by atoms with E-state index >= 15 is 0 Å². The molecule has 0 N–H and O–H groups in total. The van der Waals surface area contributed by atoms with Crippen molar-refractivity contribution in [3.8, 4) is 0 Å². The summed E-state index contributed by atoms with van der Waals surface area (Å²) in [6, 6.07) is 3.85. The van der Waals surface area contributed by atoms with Crippen LogP contribution in [0.25, 0.3) is 0 Å². The third kappa shape index (κ3) is 8.71. The van der Waals surface area contributed by atoms with Gasteiger partial charge in [0.1, 0.15) is 0 Å². The van der Waals surface area contributed by atoms with Crippen LogP contribution in [-0.2, 0) is 4.43 Å². The third-order valence-electron chi connectivity index (χ3n) is 4.12. The van der Waals surface area contributed by atoms with E-state index in [1.807, 2.05) is 0 Å². The van der Waals surface area contributed by atoms with Crippen LogP contribution < -0.4 is 0 Å². The number of rotatable bonds is 13. The maximum absolute atomic E-state index is 6.26. The molecule has 0 bridgehead atoms. The van der Waals surface area contributed by atoms with Gasteiger partial charge < -0.3 is 4.43 Å². The molecule has 18 heavy (non-hydrogen) atoms. The molecule has 1 nitrogen and oxygen atoms in total. The molecule has 0 rings (SSSR count). The van der Waals surface area contributed by atoms with Crippen LogP contribution in [0.2, 0.25) is 18.1 Å². The fourth-order valence-corrected chi connectivity index (χ4v) is 5.51. The van der Waals surface area contributed by atoms with Gasteiger partial charge in [-0.2, -0.15) is 0 Å². The fourth-order valence-electron chi connectivity index (χ4n) is 2.43. The van der Waals surface area contributed by atoms with Crippen LogP contribution in [0, 0.1) is 0 Å². The maximum atomic E-state index is 6.26. The van der Waals surface area contributed by atoms with Crippen LogP contribution >= 0.6 is 15.9 Å². The predicted octanol–water partition coefficient (Wildman–Crippen LogP) is 6.13. The van der Waals surface area contributed by atoms with Crippen LogP contribution in [0.5, 0.6) is 0 Å². The summed E-state index contributed by atoms with van der Waals surface area (Å²) in [6.45, 7) is 7.94. The van der Waals surface area contributed by atoms with Crippen LogP contribution in [0.1, 0.15) is 65.7 Å². The highest BCUT2D eigenvalue weighted by atomic mass is 79.9. The van der Waals surface area contributed by atoms with E-state index in [2.05, 4.69) is 36.7 Å². The smallest absolute Gasteiger partial charge is 0.191 e. The lowest BCUT2D eigenvalue weighted by Crippen LogP contribution is -2.36. The summed E-state index contributed by atoms with van der Waals surface area (Å²) in [5.74, 6) is 0. The minimum absolute atomic E-state index is 1.02. The van der Waals surface area contributed by atoms with Gasteiger partial charge in [-0.1, -0.05) is 68.8 Å². The molecule has 0 amide bonds. The summed E-state index contributed by atoms with van der Waals surface area (Å²) in [4.78, 5) is 0. The number of alkyl halides is 1. The van der Waals surface area contributed by atoms with E-state index in [-0.39, 0.29) is 0 Å². The van der Waals surface area contributed by atoms with E-state index in [0.717, 1.165) is 6.61 Å². The molecule has 0 aliphatic rings. The second kappa shape index (κ2) is 12.7. The molecule has 0 aromatic rings. The van der Waals surface area contributed by atoms with Crippen molar-refractivity contribution in [3.05, 3.63) is 0 Å². The summed E-state index contributed by atoms with van der Waals surface area (Å²) in [7, 11) is -1.31. The van der Waals surface area contributed by atoms with Crippen molar-refractivity contribution < 1.29 is 4.43 Å². The molecule has 0 aliphatic heterocycles. The molecule has 0 aromatic carbocycles. The number of halogens is 1. The van der Waals surface area contributed by atoms with Crippen LogP contribution in [0.4, 0.5) is 0 Å². The highest BCUT2D eigenvalue weighted by Gasteiger charge is 2.27. The number of hydrogen-bond acceptors (Lipinski definition) is 1. The SMILES string of the molecule is CC[Si](CC)(CC)OCCCCCCCCCBr. The standard InChI is InChI=1S/C15H33BrOSi/c1-4-18(5-2,6-3)17-15-13-11-9-7-8-10-12-14-16/h4-15H2,1-3H3. The summed E-state index contributed by atoms with van der Waals surface area (Å²) in [5, 5.41) is 1.17. The van der Waals surface area contributed by atoms with Crippen molar-refractivity contribution in [3.63, 3.8) is 0 Å². The molecule has 0 unspecified atom stereocenters. The Bertz CT molecular complexity index is 164. The van der Waals surface area contributed by atoms with Gasteiger partial charge in [-0.15, -0.1) is 0 Å². The molecule has 3 heteroatoms. The first-order valence-corrected chi connectivity index (χ1v) is 11.6. The quantitative estimate of drug-likeness (QED) is 0.223. The Morgan fingerprint density at radius 2 is 1.17 bits per heavy atom. The molecular weight excluding hydrogens is 304 g/mol. The Morgan fingerprint density at radius 3 is 1.61 bits per heavy atom. The minimum Gasteiger partial charge on any atom is -0.417 e. The first-order chi connectivity index (χ1) is 8.74. The normalized spacial score (nSPS) is 12.0. The Balaban J connectivity index is 3.38. The molecule has 0 heterocycles. The van der Waals surface area contributed by atoms with Crippen molar-refractivity contribution in [2.24, 2.45) is 0 Å². The van der Waals surface area contributed by atoms with E-state index in [0.29, 0.717) is 0 Å². The average molecular weight is 337 g/mol. The summed E-state index contributed by atoms with van der Waals surface area (Å²) in [6.07, 6.45) is 9.56. The van der Waals surface area contributed by atoms with Crippen molar-refractivity contribution in [1.82, 2.24) is 0 Å². The molecule has 0 aliphatic carbocycles. The van der Waals surface area contributed by atoms with E-state index in [9.17, 15) is 0 Å². The second-order valence-electron chi connectivity index (χ2n) is 5.26. The first kappa shape index (κ1) is 18.7. The Hall–Kier alpha value is 0.657. The van der Waals surface area contributed by atoms with E-state index < -0.39 is 8.32 Å². The lowest BCUT2D eigenvalue weighted by molar-refractivity contribution is 0.287. The highest BCUT2D eigenvalue weighted by molar-refractivity contribution is 9.09. The Labute approximate surface area is 124 Å². The molecular formula is C15H33BrOSi. The zero-order valence-electron chi connectivity index (χ0n) is 12.8. The molecule has 0 saturated heterocycles. The largest absolute Gasteiger partial charge is 0.417 e. The van der Waals surface area contributed by atoms with Crippen molar-refractivity contribution in [2.75, 3.05) is 11.9 Å². The molecule has 0 spiro atoms. The topological polar surface area (TPSA) is 9.23 Å². The lowest BCUT2D eigenvalue weighted by Gasteiger charge is -2.27. The Morgan fingerprint density at radius 1 is 0.722 bits per heavy atom. The number of hydrogen-bond donors (Lipinski definition) is 0. The molecule has 110 valence electrons. The fraction of sp³-hybridized carbons (Fsp3) is 1.00. The zero-order valence-corrected chi connectivity index (χ0v) is 15.4. The van der Waals surface area contributed by atoms with Gasteiger partial charge in [0, 0.05) is 11.9 Å². The molecule has 0 fully saturated rings. The second-order valence-corrected chi connectivity index (χ2v) is 10.8. The van der Waals surface area contributed by atoms with Crippen LogP contribution in [0.3, 0.4) is 0 Å². The van der Waals surface area contributed by atoms with E-state index in [4.69, 9.17) is 4.43 Å². The van der Waals surface area contributed by atoms with Gasteiger partial charge in [-0.05, 0) is 31.0 Å². The van der Waals surface area contributed by atoms with Gasteiger partial charge in [-0.3, -0.25) is 0 Å². The zero-order chi connectivity index (χ0) is 13.7. The monoisotopic (exact) mass is 336 g/mol. The van der Waals surface area contributed by atoms with Crippen molar-refractivity contribution in [1.29, 1.82) is 0 Å². The van der Waals surface area contributed by atoms with Crippen molar-refractivity contribution >= 4 is 24.2 Å². The number of unbranched alkanes of at least 4 members (excludes halogenated alkanes) is 6. The highest BCUT2D eigenvalue weighted by Crippen LogP contribution is 2.22. The molecule has 0 saturated carbocycles. The van der Waals surface area contributed by atoms with Crippen molar-refractivity contribution in [2.45, 2.75) is 83.8 Å². The van der Waals surface area contributed by atoms with Gasteiger partial charge in [0.25, 0.3) is 0 Å². The lowest BCUT2D eigenvalue weighted by atomic mass is 10.1. The van der Waals surface area contributed by atoms with E-state index in [1.54, 1.807) is 0 Å². The summed E-state index contributed by atoms with van der Waals surface area (Å²) in [5.41, 5.74) is 0. The van der Waals surface area contributed by atoms with Gasteiger partial charge in [0.05, 0.1) is 0 Å². The van der Waals surface area contributed by atoms with Gasteiger partial charge in [0.15, 0.2) is 8.32 Å². The first-order valence-electron chi connectivity index (χ1n) is 7.94. The minimum atomic E-state index is -1.31. The average Bonchev–Trinajstić information content (AvgIpc) is 2.42. The third-order valence-corrected chi connectivity index (χ3v) is 9.36. The molecule has 0 radical (unpaired) electrons. The molecule has 0 aromatic heterocycles. The van der Waals surface area contributed by atoms with E-state index in [1.165, 1.54) is 68.4 Å². The van der Waals surface area contributed by atoms with Gasteiger partial charge in [0.2, 0.25) is 0 Å². The van der Waals surface area contributed by atoms with Gasteiger partial charge in [-0.25, -0.2) is 0 Å². The van der Waals surface area contributed by atoms with Crippen LogP contribution in [0.15, 0.2) is 0 Å².